The molecule has 0 heterocycles. The summed E-state index contributed by atoms with van der Waals surface area (Å²) in [7, 11) is 0. The van der Waals surface area contributed by atoms with E-state index in [0.29, 0.717) is 0 Å². The Balaban J connectivity index is 0.000000673. The Morgan fingerprint density at radius 3 is 2.31 bits per heavy atom. The fourth-order valence-electron chi connectivity index (χ4n) is 1.36. The van der Waals surface area contributed by atoms with E-state index in [4.69, 9.17) is 0 Å². The first-order chi connectivity index (χ1) is 7.74. The van der Waals surface area contributed by atoms with E-state index in [9.17, 15) is 0 Å². The lowest BCUT2D eigenvalue weighted by Crippen LogP contribution is -2.00. The van der Waals surface area contributed by atoms with Crippen LogP contribution in [0.2, 0.25) is 0 Å². The van der Waals surface area contributed by atoms with Crippen molar-refractivity contribution in [2.24, 2.45) is 0 Å². The van der Waals surface area contributed by atoms with Gasteiger partial charge >= 0.3 is 0 Å². The van der Waals surface area contributed by atoms with Crippen molar-refractivity contribution < 1.29 is 0 Å². The van der Waals surface area contributed by atoms with Gasteiger partial charge in [0.15, 0.2) is 0 Å². The highest BCUT2D eigenvalue weighted by molar-refractivity contribution is 5.45. The van der Waals surface area contributed by atoms with Crippen LogP contribution in [0.15, 0.2) is 24.3 Å². The van der Waals surface area contributed by atoms with E-state index in [-0.39, 0.29) is 0 Å². The van der Waals surface area contributed by atoms with Gasteiger partial charge in [-0.2, -0.15) is 0 Å². The molecule has 0 bridgehead atoms. The molecule has 0 radical (unpaired) electrons. The molecule has 0 amide bonds. The lowest BCUT2D eigenvalue weighted by molar-refractivity contribution is 0.744. The molecular weight excluding hydrogens is 194 g/mol. The molecular formula is C15H27N. The van der Waals surface area contributed by atoms with Crippen molar-refractivity contribution >= 4 is 5.69 Å². The first-order valence-corrected chi connectivity index (χ1v) is 6.55. The second-order valence-electron chi connectivity index (χ2n) is 4.21. The van der Waals surface area contributed by atoms with Crippen molar-refractivity contribution in [2.75, 3.05) is 11.9 Å². The molecule has 1 N–H and O–H groups in total. The van der Waals surface area contributed by atoms with Gasteiger partial charge in [-0.25, -0.2) is 0 Å². The minimum atomic E-state index is 1.09. The molecule has 1 aromatic rings. The van der Waals surface area contributed by atoms with Gasteiger partial charge in [-0.3, -0.25) is 0 Å². The second-order valence-corrected chi connectivity index (χ2v) is 4.21. The highest BCUT2D eigenvalue weighted by Crippen LogP contribution is 2.09. The average Bonchev–Trinajstić information content (AvgIpc) is 2.26. The molecule has 1 nitrogen and oxygen atoms in total. The van der Waals surface area contributed by atoms with E-state index >= 15 is 0 Å². The van der Waals surface area contributed by atoms with Gasteiger partial charge < -0.3 is 5.32 Å². The minimum absolute atomic E-state index is 1.09. The Morgan fingerprint density at radius 1 is 1.06 bits per heavy atom. The first-order valence-electron chi connectivity index (χ1n) is 6.55. The van der Waals surface area contributed by atoms with Gasteiger partial charge in [-0.15, -0.1) is 0 Å². The summed E-state index contributed by atoms with van der Waals surface area (Å²) in [5, 5.41) is 3.42. The second kappa shape index (κ2) is 10.5. The van der Waals surface area contributed by atoms with E-state index < -0.39 is 0 Å². The van der Waals surface area contributed by atoms with Crippen molar-refractivity contribution in [3.8, 4) is 0 Å². The minimum Gasteiger partial charge on any atom is -0.385 e. The van der Waals surface area contributed by atoms with Crippen LogP contribution in [-0.2, 0) is 0 Å². The summed E-state index contributed by atoms with van der Waals surface area (Å²) in [6.45, 7) is 9.70. The molecule has 0 saturated carbocycles. The summed E-state index contributed by atoms with van der Waals surface area (Å²) in [6.07, 6.45) is 5.12. The molecule has 0 spiro atoms. The summed E-state index contributed by atoms with van der Waals surface area (Å²) < 4.78 is 0. The number of unbranched alkanes of at least 4 members (excludes halogenated alkanes) is 2. The quantitative estimate of drug-likeness (QED) is 0.689. The molecule has 0 atom stereocenters. The molecule has 1 aromatic carbocycles. The average molecular weight is 221 g/mol. The van der Waals surface area contributed by atoms with Crippen LogP contribution in [0.3, 0.4) is 0 Å². The van der Waals surface area contributed by atoms with Gasteiger partial charge in [-0.1, -0.05) is 52.2 Å². The topological polar surface area (TPSA) is 12.0 Å². The Bertz CT molecular complexity index is 255. The molecule has 0 aliphatic heterocycles. The van der Waals surface area contributed by atoms with Gasteiger partial charge in [0, 0.05) is 12.2 Å². The van der Waals surface area contributed by atoms with Gasteiger partial charge in [-0.05, 0) is 31.0 Å². The van der Waals surface area contributed by atoms with Gasteiger partial charge in [0.2, 0.25) is 0 Å². The van der Waals surface area contributed by atoms with Crippen molar-refractivity contribution in [2.45, 2.75) is 53.4 Å². The summed E-state index contributed by atoms with van der Waals surface area (Å²) in [5.41, 5.74) is 2.57. The molecule has 0 aromatic heterocycles. The third kappa shape index (κ3) is 8.34. The molecule has 0 aliphatic rings. The Morgan fingerprint density at radius 2 is 1.75 bits per heavy atom. The van der Waals surface area contributed by atoms with Crippen LogP contribution in [0.25, 0.3) is 0 Å². The van der Waals surface area contributed by atoms with E-state index in [2.05, 4.69) is 57.3 Å². The molecule has 0 aliphatic carbocycles. The predicted octanol–water partition coefficient (Wildman–Crippen LogP) is 5.01. The zero-order valence-corrected chi connectivity index (χ0v) is 11.3. The third-order valence-corrected chi connectivity index (χ3v) is 2.13. The zero-order chi connectivity index (χ0) is 12.2. The molecule has 16 heavy (non-hydrogen) atoms. The summed E-state index contributed by atoms with van der Waals surface area (Å²) >= 11 is 0. The highest BCUT2D eigenvalue weighted by atomic mass is 14.9. The van der Waals surface area contributed by atoms with E-state index in [1.54, 1.807) is 0 Å². The maximum Gasteiger partial charge on any atom is 0.0342 e. The van der Waals surface area contributed by atoms with Gasteiger partial charge in [0.05, 0.1) is 0 Å². The largest absolute Gasteiger partial charge is 0.385 e. The number of hydrogen-bond acceptors (Lipinski definition) is 1. The molecule has 1 heteroatoms. The van der Waals surface area contributed by atoms with Crippen molar-refractivity contribution in [1.82, 2.24) is 0 Å². The molecule has 0 fully saturated rings. The Hall–Kier alpha value is -0.980. The molecule has 0 saturated heterocycles. The zero-order valence-electron chi connectivity index (χ0n) is 11.3. The molecule has 92 valence electrons. The lowest BCUT2D eigenvalue weighted by Gasteiger charge is -2.05. The summed E-state index contributed by atoms with van der Waals surface area (Å²) in [4.78, 5) is 0. The normalized spacial score (nSPS) is 9.25. The highest BCUT2D eigenvalue weighted by Gasteiger charge is 1.90. The van der Waals surface area contributed by atoms with Gasteiger partial charge in [0.1, 0.15) is 0 Å². The predicted molar refractivity (Wildman–Crippen MR) is 75.2 cm³/mol. The molecule has 0 unspecified atom stereocenters. The van der Waals surface area contributed by atoms with Crippen LogP contribution in [0.5, 0.6) is 0 Å². The Kier molecular flexibility index (Phi) is 9.89. The number of rotatable bonds is 5. The SMILES string of the molecule is CCC.CCCCCNc1cccc(C)c1. The summed E-state index contributed by atoms with van der Waals surface area (Å²) in [6, 6.07) is 8.53. The number of hydrogen-bond donors (Lipinski definition) is 1. The number of benzene rings is 1. The fourth-order valence-corrected chi connectivity index (χ4v) is 1.36. The Labute approximate surface area is 101 Å². The third-order valence-electron chi connectivity index (χ3n) is 2.13. The van der Waals surface area contributed by atoms with Gasteiger partial charge in [0.25, 0.3) is 0 Å². The summed E-state index contributed by atoms with van der Waals surface area (Å²) in [5.74, 6) is 0. The van der Waals surface area contributed by atoms with Crippen molar-refractivity contribution in [3.05, 3.63) is 29.8 Å². The van der Waals surface area contributed by atoms with Crippen molar-refractivity contribution in [1.29, 1.82) is 0 Å². The maximum atomic E-state index is 3.42. The smallest absolute Gasteiger partial charge is 0.0342 e. The van der Waals surface area contributed by atoms with Crippen LogP contribution >= 0.6 is 0 Å². The number of nitrogens with one attached hydrogen (secondary N) is 1. The van der Waals surface area contributed by atoms with Crippen molar-refractivity contribution in [3.63, 3.8) is 0 Å². The van der Waals surface area contributed by atoms with E-state index in [1.807, 2.05) is 0 Å². The molecule has 1 rings (SSSR count). The van der Waals surface area contributed by atoms with E-state index in [0.717, 1.165) is 6.54 Å². The fraction of sp³-hybridized carbons (Fsp3) is 0.600. The monoisotopic (exact) mass is 221 g/mol. The van der Waals surface area contributed by atoms with Crippen LogP contribution < -0.4 is 5.32 Å². The van der Waals surface area contributed by atoms with Crippen LogP contribution in [-0.4, -0.2) is 6.54 Å². The van der Waals surface area contributed by atoms with Crippen LogP contribution in [0.1, 0.15) is 52.0 Å². The van der Waals surface area contributed by atoms with E-state index in [1.165, 1.54) is 36.9 Å². The maximum absolute atomic E-state index is 3.42. The number of anilines is 1. The first kappa shape index (κ1) is 15.0. The number of aryl methyl sites for hydroxylation is 1. The van der Waals surface area contributed by atoms with Crippen LogP contribution in [0, 0.1) is 6.92 Å². The van der Waals surface area contributed by atoms with Crippen LogP contribution in [0.4, 0.5) is 5.69 Å². The lowest BCUT2D eigenvalue weighted by atomic mass is 10.2. The standard InChI is InChI=1S/C12H19N.C3H8/c1-3-4-5-9-13-12-8-6-7-11(2)10-12;1-3-2/h6-8,10,13H,3-5,9H2,1-2H3;3H2,1-2H3.